The fourth-order valence-electron chi connectivity index (χ4n) is 2.70. The highest BCUT2D eigenvalue weighted by atomic mass is 32.2. The van der Waals surface area contributed by atoms with Gasteiger partial charge in [0.05, 0.1) is 33.3 Å². The molecular formula is C15H12F2N3O4PS. The van der Waals surface area contributed by atoms with Gasteiger partial charge in [0.15, 0.2) is 11.6 Å². The maximum Gasteiger partial charge on any atom is 0.414 e. The lowest BCUT2D eigenvalue weighted by molar-refractivity contribution is -0.119. The van der Waals surface area contributed by atoms with E-state index in [4.69, 9.17) is 4.74 Å². The predicted molar refractivity (Wildman–Crippen MR) is 89.2 cm³/mol. The highest BCUT2D eigenvalue weighted by Gasteiger charge is 2.44. The quantitative estimate of drug-likeness (QED) is 0.631. The normalized spacial score (nSPS) is 21.1. The first-order valence-electron chi connectivity index (χ1n) is 7.58. The summed E-state index contributed by atoms with van der Waals surface area (Å²) in [7, 11) is 0.466. The topological polar surface area (TPSA) is 86.6 Å². The summed E-state index contributed by atoms with van der Waals surface area (Å²) in [6, 6.07) is 2.11. The molecular weight excluding hydrogens is 387 g/mol. The third kappa shape index (κ3) is 2.94. The van der Waals surface area contributed by atoms with Gasteiger partial charge in [0, 0.05) is 30.2 Å². The number of hydrogen-bond acceptors (Lipinski definition) is 4. The first kappa shape index (κ1) is 17.3. The number of ether oxygens (including phenoxy) is 1. The van der Waals surface area contributed by atoms with Crippen molar-refractivity contribution in [3.05, 3.63) is 30.0 Å². The fraction of sp³-hybridized carbons (Fsp3) is 0.267. The van der Waals surface area contributed by atoms with E-state index in [1.165, 1.54) is 17.5 Å². The number of amides is 2. The van der Waals surface area contributed by atoms with Crippen molar-refractivity contribution in [2.75, 3.05) is 18.0 Å². The van der Waals surface area contributed by atoms with Gasteiger partial charge in [-0.05, 0) is 0 Å². The number of rotatable bonds is 4. The van der Waals surface area contributed by atoms with E-state index in [-0.39, 0.29) is 30.4 Å². The molecule has 1 aromatic heterocycles. The summed E-state index contributed by atoms with van der Waals surface area (Å²) in [5, 5.41) is 2.53. The molecule has 2 aliphatic rings. The summed E-state index contributed by atoms with van der Waals surface area (Å²) >= 11 is -1.11. The van der Waals surface area contributed by atoms with Crippen molar-refractivity contribution >= 4 is 37.2 Å². The molecule has 26 heavy (non-hydrogen) atoms. The van der Waals surface area contributed by atoms with E-state index in [9.17, 15) is 22.9 Å². The molecule has 1 aromatic carbocycles. The minimum Gasteiger partial charge on any atom is -0.606 e. The number of benzene rings is 1. The third-order valence-electron chi connectivity index (χ3n) is 3.98. The van der Waals surface area contributed by atoms with Crippen molar-refractivity contribution in [1.82, 2.24) is 9.65 Å². The van der Waals surface area contributed by atoms with Crippen LogP contribution in [-0.2, 0) is 20.7 Å². The Labute approximate surface area is 151 Å². The number of hydrogen-bond donors (Lipinski definition) is 1. The second-order valence-corrected chi connectivity index (χ2v) is 8.59. The van der Waals surface area contributed by atoms with Gasteiger partial charge >= 0.3 is 6.09 Å². The van der Waals surface area contributed by atoms with Crippen LogP contribution in [0.15, 0.2) is 27.9 Å². The van der Waals surface area contributed by atoms with Crippen LogP contribution in [0.2, 0.25) is 0 Å². The van der Waals surface area contributed by atoms with E-state index in [2.05, 4.69) is 5.32 Å². The molecule has 0 saturated carbocycles. The van der Waals surface area contributed by atoms with Crippen LogP contribution in [-0.4, -0.2) is 40.1 Å². The number of nitrogens with one attached hydrogen (secondary N) is 1. The highest BCUT2D eigenvalue weighted by Crippen LogP contribution is 2.49. The van der Waals surface area contributed by atoms with Gasteiger partial charge in [0.1, 0.15) is 11.8 Å². The summed E-state index contributed by atoms with van der Waals surface area (Å²) in [6.07, 6.45) is 0.125. The zero-order valence-electron chi connectivity index (χ0n) is 13.4. The first-order valence-corrected chi connectivity index (χ1v) is 9.58. The highest BCUT2D eigenvalue weighted by molar-refractivity contribution is 8.00. The Hall–Kier alpha value is -2.16. The number of carbonyl (C=O) groups is 2. The molecule has 0 spiro atoms. The summed E-state index contributed by atoms with van der Waals surface area (Å²) in [5.74, 6) is -1.94. The van der Waals surface area contributed by atoms with E-state index < -0.39 is 35.0 Å². The van der Waals surface area contributed by atoms with Gasteiger partial charge in [0.25, 0.3) is 4.63 Å². The summed E-state index contributed by atoms with van der Waals surface area (Å²) in [4.78, 5) is 24.6. The van der Waals surface area contributed by atoms with Gasteiger partial charge in [-0.2, -0.15) is 0 Å². The molecule has 1 fully saturated rings. The lowest BCUT2D eigenvalue weighted by Gasteiger charge is -2.15. The molecule has 11 heteroatoms. The molecule has 3 heterocycles. The Morgan fingerprint density at radius 1 is 1.46 bits per heavy atom. The number of carbonyl (C=O) groups excluding carboxylic acids is 2. The minimum atomic E-state index is -1.11. The lowest BCUT2D eigenvalue weighted by Crippen LogP contribution is -2.33. The standard InChI is InChI=1S/C15H12F2N3O4PS/c1-7(21)18-4-9-5-19(15(22)24-9)8-2-10(16)13(11(17)3-8)20-6-12-14(25-20)26(12)23/h2-3,6,9H,4-5H2,1H3,(H,18,21). The molecule has 2 unspecified atom stereocenters. The Balaban J connectivity index is 1.56. The van der Waals surface area contributed by atoms with E-state index in [0.29, 0.717) is 17.9 Å². The molecule has 0 bridgehead atoms. The largest absolute Gasteiger partial charge is 0.606 e. The molecule has 2 atom stereocenters. The molecule has 1 saturated heterocycles. The third-order valence-corrected chi connectivity index (χ3v) is 6.90. The first-order chi connectivity index (χ1) is 12.3. The smallest absolute Gasteiger partial charge is 0.414 e. The van der Waals surface area contributed by atoms with Crippen LogP contribution in [0.4, 0.5) is 19.3 Å². The molecule has 0 aliphatic carbocycles. The average Bonchev–Trinajstić information content (AvgIpc) is 2.93. The minimum absolute atomic E-state index is 0.0315. The molecule has 2 aromatic rings. The van der Waals surface area contributed by atoms with E-state index in [1.54, 1.807) is 0 Å². The number of nitrogens with zero attached hydrogens (tertiary/aromatic N) is 2. The van der Waals surface area contributed by atoms with Crippen LogP contribution in [0, 0.1) is 11.6 Å². The monoisotopic (exact) mass is 399 g/mol. The Bertz CT molecular complexity index is 893. The van der Waals surface area contributed by atoms with Crippen LogP contribution in [0.1, 0.15) is 6.92 Å². The molecule has 136 valence electrons. The van der Waals surface area contributed by atoms with Crippen molar-refractivity contribution in [1.29, 1.82) is 0 Å². The van der Waals surface area contributed by atoms with Gasteiger partial charge in [-0.3, -0.25) is 14.0 Å². The summed E-state index contributed by atoms with van der Waals surface area (Å²) < 4.78 is 47.4. The van der Waals surface area contributed by atoms with Gasteiger partial charge in [0.2, 0.25) is 10.8 Å². The molecule has 7 nitrogen and oxygen atoms in total. The van der Waals surface area contributed by atoms with Crippen LogP contribution in [0.3, 0.4) is 0 Å². The predicted octanol–water partition coefficient (Wildman–Crippen LogP) is 2.28. The second kappa shape index (κ2) is 6.22. The molecule has 2 aliphatic heterocycles. The molecule has 1 N–H and O–H groups in total. The Morgan fingerprint density at radius 3 is 2.73 bits per heavy atom. The lowest BCUT2D eigenvalue weighted by atomic mass is 10.2. The summed E-state index contributed by atoms with van der Waals surface area (Å²) in [6.45, 7) is 1.53. The fourth-order valence-corrected chi connectivity index (χ4v) is 5.32. The molecule has 4 rings (SSSR count). The Kier molecular flexibility index (Phi) is 4.13. The van der Waals surface area contributed by atoms with E-state index >= 15 is 0 Å². The SMILES string of the molecule is CC(=O)NCC1CN(c2cc(F)c(-n3cc4c(p3)[S+]4[O-])c(F)c2)C(=O)O1. The molecule has 2 amide bonds. The van der Waals surface area contributed by atoms with Gasteiger partial charge in [-0.1, -0.05) is 0 Å². The maximum atomic E-state index is 14.5. The second-order valence-electron chi connectivity index (χ2n) is 5.82. The van der Waals surface area contributed by atoms with Gasteiger partial charge in [-0.25, -0.2) is 13.6 Å². The zero-order valence-corrected chi connectivity index (χ0v) is 15.1. The van der Waals surface area contributed by atoms with Gasteiger partial charge in [-0.15, -0.1) is 0 Å². The average molecular weight is 399 g/mol. The van der Waals surface area contributed by atoms with Crippen molar-refractivity contribution < 1.29 is 27.7 Å². The zero-order chi connectivity index (χ0) is 18.6. The number of aromatic nitrogens is 1. The van der Waals surface area contributed by atoms with Crippen LogP contribution in [0.5, 0.6) is 0 Å². The van der Waals surface area contributed by atoms with E-state index in [0.717, 1.165) is 17.0 Å². The number of fused-ring (bicyclic) bond motifs is 1. The number of halogens is 2. The Morgan fingerprint density at radius 2 is 2.15 bits per heavy atom. The van der Waals surface area contributed by atoms with Crippen LogP contribution >= 0.6 is 8.35 Å². The molecule has 0 radical (unpaired) electrons. The van der Waals surface area contributed by atoms with Crippen molar-refractivity contribution in [3.8, 4) is 5.69 Å². The van der Waals surface area contributed by atoms with Crippen molar-refractivity contribution in [3.63, 3.8) is 0 Å². The van der Waals surface area contributed by atoms with Crippen molar-refractivity contribution in [2.45, 2.75) is 22.6 Å². The van der Waals surface area contributed by atoms with Crippen LogP contribution < -0.4 is 10.2 Å². The van der Waals surface area contributed by atoms with Crippen molar-refractivity contribution in [2.24, 2.45) is 0 Å². The summed E-state index contributed by atoms with van der Waals surface area (Å²) in [5.41, 5.74) is -0.231. The number of cyclic esters (lactones) is 1. The maximum absolute atomic E-state index is 14.5. The van der Waals surface area contributed by atoms with E-state index in [1.807, 2.05) is 0 Å². The van der Waals surface area contributed by atoms with Gasteiger partial charge < -0.3 is 14.6 Å². The number of anilines is 1. The van der Waals surface area contributed by atoms with Crippen LogP contribution in [0.25, 0.3) is 5.69 Å².